The van der Waals surface area contributed by atoms with Crippen molar-refractivity contribution in [2.75, 3.05) is 10.0 Å². The third kappa shape index (κ3) is 5.37. The van der Waals surface area contributed by atoms with Crippen molar-refractivity contribution in [1.82, 2.24) is 0 Å². The maximum Gasteiger partial charge on any atom is 0.387 e. The van der Waals surface area contributed by atoms with Crippen LogP contribution in [0.1, 0.15) is 21.5 Å². The topological polar surface area (TPSA) is 84.5 Å². The number of amides is 1. The zero-order valence-electron chi connectivity index (χ0n) is 16.7. The van der Waals surface area contributed by atoms with Gasteiger partial charge in [0.05, 0.1) is 16.1 Å². The maximum absolute atomic E-state index is 12.7. The Hall–Kier alpha value is -3.46. The molecule has 0 aliphatic rings. The van der Waals surface area contributed by atoms with E-state index in [0.717, 1.165) is 11.1 Å². The Labute approximate surface area is 178 Å². The van der Waals surface area contributed by atoms with E-state index >= 15 is 0 Å². The molecule has 3 aromatic carbocycles. The average molecular weight is 446 g/mol. The first kappa shape index (κ1) is 22.2. The molecule has 0 saturated heterocycles. The number of carbonyl (C=O) groups excluding carboxylic acids is 1. The van der Waals surface area contributed by atoms with E-state index < -0.39 is 22.5 Å². The van der Waals surface area contributed by atoms with E-state index in [0.29, 0.717) is 11.4 Å². The number of hydrogen-bond donors (Lipinski definition) is 2. The van der Waals surface area contributed by atoms with E-state index in [1.54, 1.807) is 26.0 Å². The lowest BCUT2D eigenvalue weighted by Crippen LogP contribution is -2.16. The van der Waals surface area contributed by atoms with E-state index in [2.05, 4.69) is 14.8 Å². The van der Waals surface area contributed by atoms with Crippen molar-refractivity contribution in [1.29, 1.82) is 0 Å². The number of carbonyl (C=O) groups is 1. The molecule has 0 fully saturated rings. The van der Waals surface area contributed by atoms with Crippen molar-refractivity contribution >= 4 is 27.3 Å². The molecule has 0 aliphatic carbocycles. The quantitative estimate of drug-likeness (QED) is 0.537. The predicted octanol–water partition coefficient (Wildman–Crippen LogP) is 4.96. The Balaban J connectivity index is 1.77. The summed E-state index contributed by atoms with van der Waals surface area (Å²) in [7, 11) is -3.84. The Kier molecular flexibility index (Phi) is 6.55. The number of anilines is 2. The van der Waals surface area contributed by atoms with Gasteiger partial charge in [-0.15, -0.1) is 0 Å². The Bertz CT molecular complexity index is 1180. The van der Waals surface area contributed by atoms with Gasteiger partial charge in [0.25, 0.3) is 15.9 Å². The van der Waals surface area contributed by atoms with E-state index in [1.807, 2.05) is 6.07 Å². The van der Waals surface area contributed by atoms with Crippen LogP contribution in [0.15, 0.2) is 71.6 Å². The predicted molar refractivity (Wildman–Crippen MR) is 114 cm³/mol. The molecule has 2 N–H and O–H groups in total. The summed E-state index contributed by atoms with van der Waals surface area (Å²) in [6, 6.07) is 16.5. The molecule has 0 unspecified atom stereocenters. The van der Waals surface area contributed by atoms with Crippen LogP contribution >= 0.6 is 0 Å². The van der Waals surface area contributed by atoms with Crippen LogP contribution in [0, 0.1) is 13.8 Å². The number of rotatable bonds is 7. The van der Waals surface area contributed by atoms with Gasteiger partial charge in [-0.25, -0.2) is 8.42 Å². The number of ether oxygens (including phenoxy) is 1. The molecule has 3 aromatic rings. The Morgan fingerprint density at radius 3 is 2.13 bits per heavy atom. The van der Waals surface area contributed by atoms with Crippen molar-refractivity contribution in [3.05, 3.63) is 83.4 Å². The van der Waals surface area contributed by atoms with Gasteiger partial charge in [0, 0.05) is 5.69 Å². The van der Waals surface area contributed by atoms with Crippen LogP contribution < -0.4 is 14.8 Å². The summed E-state index contributed by atoms with van der Waals surface area (Å²) >= 11 is 0. The van der Waals surface area contributed by atoms with Gasteiger partial charge >= 0.3 is 6.61 Å². The Morgan fingerprint density at radius 1 is 0.903 bits per heavy atom. The fourth-order valence-electron chi connectivity index (χ4n) is 2.94. The van der Waals surface area contributed by atoms with Crippen molar-refractivity contribution in [2.24, 2.45) is 0 Å². The zero-order chi connectivity index (χ0) is 22.6. The molecule has 162 valence electrons. The van der Waals surface area contributed by atoms with Crippen LogP contribution in [0.4, 0.5) is 20.2 Å². The summed E-state index contributed by atoms with van der Waals surface area (Å²) in [4.78, 5) is 12.5. The molecule has 0 bridgehead atoms. The van der Waals surface area contributed by atoms with Crippen LogP contribution in [0.25, 0.3) is 0 Å². The molecule has 0 heterocycles. The minimum absolute atomic E-state index is 0.00888. The van der Waals surface area contributed by atoms with Crippen molar-refractivity contribution < 1.29 is 26.7 Å². The first-order chi connectivity index (χ1) is 14.7. The highest BCUT2D eigenvalue weighted by molar-refractivity contribution is 7.92. The largest absolute Gasteiger partial charge is 0.434 e. The van der Waals surface area contributed by atoms with Gasteiger partial charge in [-0.3, -0.25) is 9.52 Å². The fourth-order valence-corrected chi connectivity index (χ4v) is 4.14. The number of halogens is 2. The summed E-state index contributed by atoms with van der Waals surface area (Å²) in [5, 5.41) is 2.54. The van der Waals surface area contributed by atoms with Crippen LogP contribution in [-0.2, 0) is 10.0 Å². The van der Waals surface area contributed by atoms with Crippen LogP contribution in [0.5, 0.6) is 5.75 Å². The monoisotopic (exact) mass is 446 g/mol. The molecule has 1 amide bonds. The lowest BCUT2D eigenvalue weighted by Gasteiger charge is -2.14. The van der Waals surface area contributed by atoms with Gasteiger partial charge in [-0.1, -0.05) is 30.3 Å². The van der Waals surface area contributed by atoms with Crippen LogP contribution in [-0.4, -0.2) is 20.9 Å². The zero-order valence-corrected chi connectivity index (χ0v) is 17.5. The standard InChI is InChI=1S/C22H20F2N2O4S/c1-14-6-5-7-15(2)20(14)26-31(28,29)17-12-10-16(11-13-17)25-21(27)18-8-3-4-9-19(18)30-22(23)24/h3-13,22,26H,1-2H3,(H,25,27). The van der Waals surface area contributed by atoms with Crippen molar-refractivity contribution in [3.63, 3.8) is 0 Å². The van der Waals surface area contributed by atoms with E-state index in [1.165, 1.54) is 48.5 Å². The molecule has 0 aliphatic heterocycles. The summed E-state index contributed by atoms with van der Waals surface area (Å²) in [5.41, 5.74) is 2.31. The highest BCUT2D eigenvalue weighted by Gasteiger charge is 2.18. The van der Waals surface area contributed by atoms with Gasteiger partial charge in [-0.05, 0) is 61.4 Å². The number of sulfonamides is 1. The smallest absolute Gasteiger partial charge is 0.387 e. The number of alkyl halides is 2. The molecule has 0 aromatic heterocycles. The first-order valence-electron chi connectivity index (χ1n) is 9.21. The van der Waals surface area contributed by atoms with Crippen LogP contribution in [0.3, 0.4) is 0 Å². The van der Waals surface area contributed by atoms with Crippen molar-refractivity contribution in [3.8, 4) is 5.75 Å². The second-order valence-corrected chi connectivity index (χ2v) is 8.41. The van der Waals surface area contributed by atoms with Crippen molar-refractivity contribution in [2.45, 2.75) is 25.4 Å². The molecule has 31 heavy (non-hydrogen) atoms. The third-order valence-electron chi connectivity index (χ3n) is 4.49. The SMILES string of the molecule is Cc1cccc(C)c1NS(=O)(=O)c1ccc(NC(=O)c2ccccc2OC(F)F)cc1. The lowest BCUT2D eigenvalue weighted by atomic mass is 10.1. The molecule has 9 heteroatoms. The highest BCUT2D eigenvalue weighted by Crippen LogP contribution is 2.25. The second-order valence-electron chi connectivity index (χ2n) is 6.73. The molecule has 3 rings (SSSR count). The number of nitrogens with one attached hydrogen (secondary N) is 2. The molecule has 0 atom stereocenters. The van der Waals surface area contributed by atoms with Gasteiger partial charge in [-0.2, -0.15) is 8.78 Å². The summed E-state index contributed by atoms with van der Waals surface area (Å²) in [6.45, 7) is 0.542. The van der Waals surface area contributed by atoms with Gasteiger partial charge < -0.3 is 10.1 Å². The summed E-state index contributed by atoms with van der Waals surface area (Å²) in [6.07, 6.45) is 0. The molecular weight excluding hydrogens is 426 g/mol. The summed E-state index contributed by atoms with van der Waals surface area (Å²) < 4.78 is 57.5. The Morgan fingerprint density at radius 2 is 1.52 bits per heavy atom. The first-order valence-corrected chi connectivity index (χ1v) is 10.7. The summed E-state index contributed by atoms with van der Waals surface area (Å²) in [5.74, 6) is -0.924. The van der Waals surface area contributed by atoms with E-state index in [9.17, 15) is 22.0 Å². The molecule has 0 saturated carbocycles. The molecule has 0 spiro atoms. The van der Waals surface area contributed by atoms with Gasteiger partial charge in [0.1, 0.15) is 5.75 Å². The normalized spacial score (nSPS) is 11.3. The fraction of sp³-hybridized carbons (Fsp3) is 0.136. The van der Waals surface area contributed by atoms with Gasteiger partial charge in [0.2, 0.25) is 0 Å². The second kappa shape index (κ2) is 9.13. The molecule has 0 radical (unpaired) electrons. The number of benzene rings is 3. The minimum Gasteiger partial charge on any atom is -0.434 e. The van der Waals surface area contributed by atoms with E-state index in [-0.39, 0.29) is 16.2 Å². The number of para-hydroxylation sites is 2. The van der Waals surface area contributed by atoms with E-state index in [4.69, 9.17) is 0 Å². The highest BCUT2D eigenvalue weighted by atomic mass is 32.2. The number of hydrogen-bond acceptors (Lipinski definition) is 4. The molecule has 6 nitrogen and oxygen atoms in total. The average Bonchev–Trinajstić information content (AvgIpc) is 2.71. The van der Waals surface area contributed by atoms with Crippen LogP contribution in [0.2, 0.25) is 0 Å². The maximum atomic E-state index is 12.7. The van der Waals surface area contributed by atoms with Gasteiger partial charge in [0.15, 0.2) is 0 Å². The lowest BCUT2D eigenvalue weighted by molar-refractivity contribution is -0.0501. The molecular formula is C22H20F2N2O4S. The number of aryl methyl sites for hydroxylation is 2. The third-order valence-corrected chi connectivity index (χ3v) is 5.85. The minimum atomic E-state index is -3.84.